The van der Waals surface area contributed by atoms with E-state index in [9.17, 15) is 0 Å². The molecular formula is C22H43N3O2. The smallest absolute Gasteiger partial charge is 0.170 e. The Morgan fingerprint density at radius 1 is 1.26 bits per heavy atom. The van der Waals surface area contributed by atoms with E-state index in [4.69, 9.17) is 9.47 Å². The van der Waals surface area contributed by atoms with E-state index in [1.54, 1.807) is 6.40 Å². The van der Waals surface area contributed by atoms with Crippen LogP contribution < -0.4 is 5.32 Å². The monoisotopic (exact) mass is 381 g/mol. The number of ether oxygens (including phenoxy) is 2. The predicted molar refractivity (Wildman–Crippen MR) is 114 cm³/mol. The second kappa shape index (κ2) is 12.0. The molecule has 3 saturated heterocycles. The lowest BCUT2D eigenvalue weighted by Gasteiger charge is -2.35. The molecule has 3 rings (SSSR count). The number of piperidine rings is 1. The van der Waals surface area contributed by atoms with E-state index >= 15 is 0 Å². The molecule has 0 aromatic rings. The van der Waals surface area contributed by atoms with Gasteiger partial charge in [0, 0.05) is 24.6 Å². The molecule has 3 aliphatic rings. The van der Waals surface area contributed by atoms with Gasteiger partial charge in [0.15, 0.2) is 6.40 Å². The Morgan fingerprint density at radius 2 is 2.04 bits per heavy atom. The number of nitrogens with one attached hydrogen (secondary N) is 1. The van der Waals surface area contributed by atoms with Crippen molar-refractivity contribution in [2.45, 2.75) is 90.8 Å². The fraction of sp³-hybridized carbons (Fsp3) is 0.955. The van der Waals surface area contributed by atoms with E-state index < -0.39 is 0 Å². The third-order valence-corrected chi connectivity index (χ3v) is 6.44. The number of aliphatic imine (C=N–C) groups is 1. The fourth-order valence-corrected chi connectivity index (χ4v) is 4.11. The zero-order chi connectivity index (χ0) is 19.5. The van der Waals surface area contributed by atoms with Gasteiger partial charge >= 0.3 is 0 Å². The summed E-state index contributed by atoms with van der Waals surface area (Å²) in [6.07, 6.45) is 10.7. The van der Waals surface area contributed by atoms with Gasteiger partial charge in [0.25, 0.3) is 0 Å². The first-order valence-electron chi connectivity index (χ1n) is 11.3. The highest BCUT2D eigenvalue weighted by Gasteiger charge is 2.40. The molecular weight excluding hydrogens is 338 g/mol. The molecule has 0 radical (unpaired) electrons. The van der Waals surface area contributed by atoms with Crippen LogP contribution in [0.5, 0.6) is 0 Å². The Morgan fingerprint density at radius 3 is 2.70 bits per heavy atom. The number of hydrogen-bond acceptors (Lipinski definition) is 5. The van der Waals surface area contributed by atoms with Crippen molar-refractivity contribution in [1.29, 1.82) is 0 Å². The molecule has 0 aromatic heterocycles. The van der Waals surface area contributed by atoms with Gasteiger partial charge in [0.1, 0.15) is 6.10 Å². The quantitative estimate of drug-likeness (QED) is 0.537. The summed E-state index contributed by atoms with van der Waals surface area (Å²) in [6, 6.07) is 1.11. The van der Waals surface area contributed by atoms with Gasteiger partial charge in [-0.15, -0.1) is 0 Å². The average Bonchev–Trinajstić information content (AvgIpc) is 3.09. The molecule has 0 aliphatic carbocycles. The largest absolute Gasteiger partial charge is 0.479 e. The molecule has 3 aliphatic heterocycles. The summed E-state index contributed by atoms with van der Waals surface area (Å²) in [5, 5.41) is 3.52. The van der Waals surface area contributed by atoms with E-state index in [2.05, 4.69) is 42.9 Å². The van der Waals surface area contributed by atoms with Crippen LogP contribution in [0.15, 0.2) is 4.99 Å². The molecule has 0 bridgehead atoms. The van der Waals surface area contributed by atoms with Gasteiger partial charge in [-0.1, -0.05) is 27.2 Å². The lowest BCUT2D eigenvalue weighted by Crippen LogP contribution is -2.42. The summed E-state index contributed by atoms with van der Waals surface area (Å²) in [4.78, 5) is 6.88. The zero-order valence-corrected chi connectivity index (χ0v) is 18.2. The molecule has 0 saturated carbocycles. The van der Waals surface area contributed by atoms with Crippen LogP contribution in [0.4, 0.5) is 0 Å². The Bertz CT molecular complexity index is 426. The van der Waals surface area contributed by atoms with Crippen LogP contribution >= 0.6 is 0 Å². The van der Waals surface area contributed by atoms with Gasteiger partial charge in [-0.3, -0.25) is 9.89 Å². The third-order valence-electron chi connectivity index (χ3n) is 6.44. The second-order valence-corrected chi connectivity index (χ2v) is 8.79. The predicted octanol–water partition coefficient (Wildman–Crippen LogP) is 3.87. The van der Waals surface area contributed by atoms with Gasteiger partial charge < -0.3 is 14.8 Å². The third kappa shape index (κ3) is 7.71. The molecule has 3 unspecified atom stereocenters. The van der Waals surface area contributed by atoms with Crippen LogP contribution in [0.2, 0.25) is 0 Å². The maximum atomic E-state index is 5.73. The van der Waals surface area contributed by atoms with Crippen LogP contribution in [-0.2, 0) is 9.47 Å². The summed E-state index contributed by atoms with van der Waals surface area (Å²) in [5.41, 5.74) is 0.457. The standard InChI is InChI=1S/C14H28N2O.C8H15NO/c1-4-13(3)15-12-17-14(5-2)11-16-9-7-6-8-10-16;1-8-3-4-9-7(8)2-5-10-6-8/h12-14H,4-11H2,1-3H3;7,9H,2-6H2,1H3/t;7?,8-/m.1/s1. The van der Waals surface area contributed by atoms with Crippen molar-refractivity contribution in [3.8, 4) is 0 Å². The summed E-state index contributed by atoms with van der Waals surface area (Å²) in [5.74, 6) is 0. The van der Waals surface area contributed by atoms with E-state index in [-0.39, 0.29) is 0 Å². The maximum absolute atomic E-state index is 5.73. The number of fused-ring (bicyclic) bond motifs is 1. The topological polar surface area (TPSA) is 46.1 Å². The number of rotatable bonds is 7. The Hall–Kier alpha value is -0.650. The first-order valence-corrected chi connectivity index (χ1v) is 11.3. The van der Waals surface area contributed by atoms with Crippen molar-refractivity contribution in [2.24, 2.45) is 10.4 Å². The Labute approximate surface area is 167 Å². The van der Waals surface area contributed by atoms with Crippen molar-refractivity contribution in [1.82, 2.24) is 10.2 Å². The SMILES string of the molecule is CCC(C)N=COC(CC)CN1CCCCC1.C[C@]12CCNC1CCOC2. The first kappa shape index (κ1) is 22.6. The highest BCUT2D eigenvalue weighted by molar-refractivity contribution is 5.46. The van der Waals surface area contributed by atoms with Crippen molar-refractivity contribution >= 4 is 6.40 Å². The zero-order valence-electron chi connectivity index (χ0n) is 18.2. The maximum Gasteiger partial charge on any atom is 0.170 e. The van der Waals surface area contributed by atoms with E-state index in [0.717, 1.165) is 38.6 Å². The molecule has 0 aromatic carbocycles. The minimum Gasteiger partial charge on any atom is -0.479 e. The molecule has 27 heavy (non-hydrogen) atoms. The second-order valence-electron chi connectivity index (χ2n) is 8.79. The molecule has 3 fully saturated rings. The van der Waals surface area contributed by atoms with Crippen LogP contribution in [0, 0.1) is 5.41 Å². The summed E-state index contributed by atoms with van der Waals surface area (Å²) in [7, 11) is 0. The van der Waals surface area contributed by atoms with Crippen molar-refractivity contribution in [2.75, 3.05) is 39.4 Å². The highest BCUT2D eigenvalue weighted by atomic mass is 16.5. The number of hydrogen-bond donors (Lipinski definition) is 1. The van der Waals surface area contributed by atoms with Gasteiger partial charge in [-0.2, -0.15) is 0 Å². The first-order chi connectivity index (χ1) is 13.1. The van der Waals surface area contributed by atoms with E-state index in [1.165, 1.54) is 51.7 Å². The van der Waals surface area contributed by atoms with Gasteiger partial charge in [-0.25, -0.2) is 0 Å². The molecule has 1 N–H and O–H groups in total. The molecule has 0 spiro atoms. The molecule has 5 heteroatoms. The average molecular weight is 382 g/mol. The Balaban J connectivity index is 0.000000219. The van der Waals surface area contributed by atoms with Crippen molar-refractivity contribution in [3.05, 3.63) is 0 Å². The minimum absolute atomic E-state index is 0.306. The molecule has 3 heterocycles. The van der Waals surface area contributed by atoms with Crippen LogP contribution in [0.1, 0.15) is 72.6 Å². The highest BCUT2D eigenvalue weighted by Crippen LogP contribution is 2.35. The van der Waals surface area contributed by atoms with Crippen LogP contribution in [-0.4, -0.2) is 68.9 Å². The van der Waals surface area contributed by atoms with Crippen LogP contribution in [0.3, 0.4) is 0 Å². The fourth-order valence-electron chi connectivity index (χ4n) is 4.11. The molecule has 0 amide bonds. The minimum atomic E-state index is 0.306. The number of nitrogens with zero attached hydrogens (tertiary/aromatic N) is 2. The molecule has 5 nitrogen and oxygen atoms in total. The van der Waals surface area contributed by atoms with E-state index in [0.29, 0.717) is 17.6 Å². The van der Waals surface area contributed by atoms with Gasteiger partial charge in [0.05, 0.1) is 12.6 Å². The summed E-state index contributed by atoms with van der Waals surface area (Å²) in [6.45, 7) is 15.4. The summed E-state index contributed by atoms with van der Waals surface area (Å²) < 4.78 is 11.2. The molecule has 4 atom stereocenters. The van der Waals surface area contributed by atoms with Gasteiger partial charge in [0.2, 0.25) is 0 Å². The molecule has 158 valence electrons. The van der Waals surface area contributed by atoms with Crippen LogP contribution in [0.25, 0.3) is 0 Å². The lowest BCUT2D eigenvalue weighted by atomic mass is 9.81. The normalized spacial score (nSPS) is 31.0. The van der Waals surface area contributed by atoms with Crippen molar-refractivity contribution in [3.63, 3.8) is 0 Å². The Kier molecular flexibility index (Phi) is 10.1. The summed E-state index contributed by atoms with van der Waals surface area (Å²) >= 11 is 0. The lowest BCUT2D eigenvalue weighted by molar-refractivity contribution is -0.00397. The number of likely N-dealkylation sites (tertiary alicyclic amines) is 1. The van der Waals surface area contributed by atoms with Crippen molar-refractivity contribution < 1.29 is 9.47 Å². The van der Waals surface area contributed by atoms with E-state index in [1.807, 2.05) is 0 Å². The van der Waals surface area contributed by atoms with Gasteiger partial charge in [-0.05, 0) is 65.1 Å².